The van der Waals surface area contributed by atoms with E-state index < -0.39 is 0 Å². The van der Waals surface area contributed by atoms with E-state index in [1.807, 2.05) is 137 Å². The standard InChI is InChI=1S/C10H11N.C9H10N2.C9H8O.C9H8S.C8H7NO.C8H7NS/c1-8-7-9-5-3-4-6-10(9)11(8)2;1-7-10-8-5-3-4-6-9(8)11(7)2;2*1-7-6-8-4-2-3-5-9(8)10-7;2*1-6-9-7-4-2-3-5-8(7)10-6/h3-7H,1-2H3;3-6H,1-2H3;2*2-6H,1H3;2*2-5H,1H3. The van der Waals surface area contributed by atoms with E-state index in [1.54, 1.807) is 11.3 Å². The molecule has 9 heteroatoms. The fraction of sp³-hybridized carbons (Fsp3) is 0.151. The maximum Gasteiger partial charge on any atom is 0.192 e. The summed E-state index contributed by atoms with van der Waals surface area (Å²) in [5.74, 6) is 2.76. The maximum atomic E-state index is 5.37. The van der Waals surface area contributed by atoms with Gasteiger partial charge in [0, 0.05) is 47.2 Å². The van der Waals surface area contributed by atoms with Gasteiger partial charge in [0.15, 0.2) is 11.5 Å². The number of nitrogens with zero attached hydrogens (tertiary/aromatic N) is 5. The molecule has 0 saturated carbocycles. The summed E-state index contributed by atoms with van der Waals surface area (Å²) in [5, 5.41) is 5.01. The molecule has 0 aliphatic rings. The highest BCUT2D eigenvalue weighted by molar-refractivity contribution is 7.19. The molecular weight excluding hydrogens is 803 g/mol. The lowest BCUT2D eigenvalue weighted by Crippen LogP contribution is -1.89. The number of imidazole rings is 1. The van der Waals surface area contributed by atoms with Gasteiger partial charge in [0.1, 0.15) is 22.7 Å². The number of fused-ring (bicyclic) bond motifs is 6. The Morgan fingerprint density at radius 3 is 1.68 bits per heavy atom. The highest BCUT2D eigenvalue weighted by atomic mass is 32.1. The Labute approximate surface area is 370 Å². The number of aromatic nitrogens is 5. The molecule has 12 rings (SSSR count). The van der Waals surface area contributed by atoms with E-state index >= 15 is 0 Å². The third-order valence-corrected chi connectivity index (χ3v) is 12.1. The van der Waals surface area contributed by atoms with Crippen LogP contribution in [-0.2, 0) is 14.1 Å². The van der Waals surface area contributed by atoms with Gasteiger partial charge in [-0.3, -0.25) is 0 Å². The normalized spacial score (nSPS) is 10.6. The zero-order valence-electron chi connectivity index (χ0n) is 36.5. The molecule has 6 aromatic heterocycles. The minimum absolute atomic E-state index is 0.723. The predicted molar refractivity (Wildman–Crippen MR) is 264 cm³/mol. The van der Waals surface area contributed by atoms with Crippen LogP contribution >= 0.6 is 22.7 Å². The van der Waals surface area contributed by atoms with Crippen molar-refractivity contribution in [2.75, 3.05) is 0 Å². The van der Waals surface area contributed by atoms with Crippen molar-refractivity contribution in [2.24, 2.45) is 14.1 Å². The Morgan fingerprint density at radius 1 is 0.435 bits per heavy atom. The molecule has 312 valence electrons. The smallest absolute Gasteiger partial charge is 0.192 e. The van der Waals surface area contributed by atoms with Crippen LogP contribution in [0.3, 0.4) is 0 Å². The number of oxazole rings is 1. The Bertz CT molecular complexity index is 2830. The number of hydrogen-bond acceptors (Lipinski definition) is 7. The van der Waals surface area contributed by atoms with E-state index in [4.69, 9.17) is 8.83 Å². The van der Waals surface area contributed by atoms with Gasteiger partial charge >= 0.3 is 0 Å². The molecule has 12 aromatic rings. The molecule has 6 aromatic carbocycles. The summed E-state index contributed by atoms with van der Waals surface area (Å²) in [6.07, 6.45) is 0. The summed E-state index contributed by atoms with van der Waals surface area (Å²) >= 11 is 3.59. The first-order chi connectivity index (χ1) is 30.0. The fourth-order valence-corrected chi connectivity index (χ4v) is 8.65. The Balaban J connectivity index is 0.000000112. The van der Waals surface area contributed by atoms with Crippen molar-refractivity contribution in [2.45, 2.75) is 41.5 Å². The Kier molecular flexibility index (Phi) is 14.1. The lowest BCUT2D eigenvalue weighted by Gasteiger charge is -1.96. The molecule has 0 atom stereocenters. The molecule has 0 bridgehead atoms. The van der Waals surface area contributed by atoms with E-state index in [-0.39, 0.29) is 0 Å². The molecule has 0 spiro atoms. The second-order valence-corrected chi connectivity index (χ2v) is 17.3. The van der Waals surface area contributed by atoms with E-state index in [2.05, 4.69) is 118 Å². The van der Waals surface area contributed by atoms with Crippen LogP contribution in [0.25, 0.3) is 64.3 Å². The molecule has 0 saturated heterocycles. The molecule has 6 heterocycles. The molecule has 0 unspecified atom stereocenters. The molecule has 0 N–H and O–H groups in total. The van der Waals surface area contributed by atoms with E-state index in [9.17, 15) is 0 Å². The largest absolute Gasteiger partial charge is 0.461 e. The first kappa shape index (κ1) is 43.3. The van der Waals surface area contributed by atoms with Gasteiger partial charge in [-0.15, -0.1) is 22.7 Å². The average molecular weight is 854 g/mol. The van der Waals surface area contributed by atoms with Crippen LogP contribution in [0.1, 0.15) is 33.1 Å². The monoisotopic (exact) mass is 853 g/mol. The van der Waals surface area contributed by atoms with Gasteiger partial charge in [-0.2, -0.15) is 0 Å². The zero-order valence-corrected chi connectivity index (χ0v) is 38.1. The van der Waals surface area contributed by atoms with Crippen molar-refractivity contribution in [1.29, 1.82) is 0 Å². The van der Waals surface area contributed by atoms with Crippen molar-refractivity contribution >= 4 is 87.0 Å². The highest BCUT2D eigenvalue weighted by Crippen LogP contribution is 2.24. The molecule has 0 radical (unpaired) electrons. The topological polar surface area (TPSA) is 74.8 Å². The lowest BCUT2D eigenvalue weighted by atomic mass is 10.2. The number of rotatable bonds is 0. The van der Waals surface area contributed by atoms with E-state index in [0.29, 0.717) is 0 Å². The number of hydrogen-bond donors (Lipinski definition) is 0. The molecule has 62 heavy (non-hydrogen) atoms. The summed E-state index contributed by atoms with van der Waals surface area (Å²) < 4.78 is 17.6. The second kappa shape index (κ2) is 20.2. The summed E-state index contributed by atoms with van der Waals surface area (Å²) in [4.78, 5) is 14.2. The van der Waals surface area contributed by atoms with Gasteiger partial charge in [-0.1, -0.05) is 91.0 Å². The number of para-hydroxylation sites is 7. The summed E-state index contributed by atoms with van der Waals surface area (Å²) in [5.41, 5.74) is 8.78. The minimum Gasteiger partial charge on any atom is -0.461 e. The first-order valence-electron chi connectivity index (χ1n) is 20.5. The molecule has 0 amide bonds. The van der Waals surface area contributed by atoms with Gasteiger partial charge in [-0.05, 0) is 118 Å². The zero-order chi connectivity index (χ0) is 43.6. The summed E-state index contributed by atoms with van der Waals surface area (Å²) in [6.45, 7) is 12.1. The Hall–Kier alpha value is -6.81. The van der Waals surface area contributed by atoms with Crippen LogP contribution in [0.4, 0.5) is 0 Å². The highest BCUT2D eigenvalue weighted by Gasteiger charge is 2.02. The number of furan rings is 1. The van der Waals surface area contributed by atoms with Gasteiger partial charge in [0.05, 0.1) is 26.3 Å². The van der Waals surface area contributed by atoms with E-state index in [0.717, 1.165) is 50.2 Å². The third-order valence-electron chi connectivity index (χ3n) is 10.1. The summed E-state index contributed by atoms with van der Waals surface area (Å²) in [7, 11) is 4.13. The van der Waals surface area contributed by atoms with Crippen molar-refractivity contribution < 1.29 is 8.83 Å². The van der Waals surface area contributed by atoms with Crippen LogP contribution in [-0.4, -0.2) is 24.1 Å². The van der Waals surface area contributed by atoms with Gasteiger partial charge in [0.2, 0.25) is 0 Å². The molecule has 0 aliphatic carbocycles. The molecule has 0 aliphatic heterocycles. The van der Waals surface area contributed by atoms with Crippen LogP contribution in [0.15, 0.2) is 173 Å². The lowest BCUT2D eigenvalue weighted by molar-refractivity contribution is 0.561. The van der Waals surface area contributed by atoms with Gasteiger partial charge < -0.3 is 18.0 Å². The van der Waals surface area contributed by atoms with Gasteiger partial charge in [-0.25, -0.2) is 15.0 Å². The number of thiazole rings is 1. The fourth-order valence-electron chi connectivity index (χ4n) is 6.90. The SMILES string of the molecule is Cc1cc2ccccc2n1C.Cc1cc2ccccc2o1.Cc1cc2ccccc2s1.Cc1nc2ccccc2n1C.Cc1nc2ccccc2o1.Cc1nc2ccccc2s1. The minimum atomic E-state index is 0.723. The van der Waals surface area contributed by atoms with Crippen molar-refractivity contribution in [3.05, 3.63) is 197 Å². The van der Waals surface area contributed by atoms with Crippen LogP contribution < -0.4 is 0 Å². The van der Waals surface area contributed by atoms with Crippen LogP contribution in [0.5, 0.6) is 0 Å². The van der Waals surface area contributed by atoms with Gasteiger partial charge in [0.25, 0.3) is 0 Å². The third kappa shape index (κ3) is 10.9. The van der Waals surface area contributed by atoms with Crippen molar-refractivity contribution in [3.63, 3.8) is 0 Å². The first-order valence-corrected chi connectivity index (χ1v) is 22.1. The van der Waals surface area contributed by atoms with E-state index in [1.165, 1.54) is 47.2 Å². The molecule has 7 nitrogen and oxygen atoms in total. The average Bonchev–Trinajstić information content (AvgIpc) is 4.13. The number of aryl methyl sites for hydroxylation is 8. The van der Waals surface area contributed by atoms with Crippen LogP contribution in [0, 0.1) is 41.5 Å². The quantitative estimate of drug-likeness (QED) is 0.152. The van der Waals surface area contributed by atoms with Crippen molar-refractivity contribution in [1.82, 2.24) is 24.1 Å². The molecule has 0 fully saturated rings. The maximum absolute atomic E-state index is 5.37. The van der Waals surface area contributed by atoms with Crippen molar-refractivity contribution in [3.8, 4) is 0 Å². The second-order valence-electron chi connectivity index (χ2n) is 14.8. The Morgan fingerprint density at radius 2 is 1.02 bits per heavy atom. The van der Waals surface area contributed by atoms with Crippen LogP contribution in [0.2, 0.25) is 0 Å². The molecular formula is C53H51N5O2S2. The number of benzene rings is 6. The predicted octanol–water partition coefficient (Wildman–Crippen LogP) is 15.1. The number of thiophene rings is 1. The summed E-state index contributed by atoms with van der Waals surface area (Å²) in [6, 6.07) is 55.4.